The lowest BCUT2D eigenvalue weighted by molar-refractivity contribution is -0.122. The number of piperidine rings is 1. The lowest BCUT2D eigenvalue weighted by Crippen LogP contribution is -2.41. The van der Waals surface area contributed by atoms with Crippen molar-refractivity contribution in [3.63, 3.8) is 0 Å². The monoisotopic (exact) mass is 370 g/mol. The lowest BCUT2D eigenvalue weighted by atomic mass is 9.97. The highest BCUT2D eigenvalue weighted by atomic mass is 16.5. The van der Waals surface area contributed by atoms with Gasteiger partial charge in [0.1, 0.15) is 11.3 Å². The summed E-state index contributed by atoms with van der Waals surface area (Å²) in [4.78, 5) is 26.1. The average Bonchev–Trinajstić information content (AvgIpc) is 3.07. The summed E-state index contributed by atoms with van der Waals surface area (Å²) in [5, 5.41) is 6.84. The molecule has 1 saturated heterocycles. The zero-order valence-electron chi connectivity index (χ0n) is 15.8. The normalized spacial score (nSPS) is 17.0. The first kappa shape index (κ1) is 18.9. The predicted octanol–water partition coefficient (Wildman–Crippen LogP) is 2.18. The standard InChI is InChI=1S/C20H26N4O3/c1-3-17-18(13(2)27-23-17)20(26)22-11-14-6-8-16(9-7-14)24-10-4-5-15(12-24)19(21)25/h6-9,15H,3-5,10-12H2,1-2H3,(H2,21,25)(H,22,26)/t15-/m0/s1. The summed E-state index contributed by atoms with van der Waals surface area (Å²) in [6, 6.07) is 8.02. The molecular formula is C20H26N4O3. The second kappa shape index (κ2) is 8.24. The topological polar surface area (TPSA) is 101 Å². The van der Waals surface area contributed by atoms with Crippen molar-refractivity contribution in [3.8, 4) is 0 Å². The molecule has 2 heterocycles. The fourth-order valence-electron chi connectivity index (χ4n) is 3.49. The quantitative estimate of drug-likeness (QED) is 0.811. The zero-order chi connectivity index (χ0) is 19.4. The zero-order valence-corrected chi connectivity index (χ0v) is 15.8. The van der Waals surface area contributed by atoms with Gasteiger partial charge in [0.25, 0.3) is 5.91 Å². The van der Waals surface area contributed by atoms with Gasteiger partial charge in [0, 0.05) is 25.3 Å². The van der Waals surface area contributed by atoms with Crippen LogP contribution in [0.3, 0.4) is 0 Å². The third kappa shape index (κ3) is 4.30. The van der Waals surface area contributed by atoms with E-state index < -0.39 is 0 Å². The van der Waals surface area contributed by atoms with Gasteiger partial charge in [-0.1, -0.05) is 24.2 Å². The minimum Gasteiger partial charge on any atom is -0.371 e. The van der Waals surface area contributed by atoms with Crippen LogP contribution in [0.1, 0.15) is 47.1 Å². The van der Waals surface area contributed by atoms with E-state index in [1.807, 2.05) is 31.2 Å². The minimum atomic E-state index is -0.227. The van der Waals surface area contributed by atoms with Gasteiger partial charge >= 0.3 is 0 Å². The second-order valence-corrected chi connectivity index (χ2v) is 6.95. The van der Waals surface area contributed by atoms with Gasteiger partial charge in [-0.25, -0.2) is 0 Å². The lowest BCUT2D eigenvalue weighted by Gasteiger charge is -2.33. The van der Waals surface area contributed by atoms with Crippen molar-refractivity contribution >= 4 is 17.5 Å². The summed E-state index contributed by atoms with van der Waals surface area (Å²) in [7, 11) is 0. The summed E-state index contributed by atoms with van der Waals surface area (Å²) in [6.45, 7) is 5.70. The van der Waals surface area contributed by atoms with E-state index >= 15 is 0 Å². The third-order valence-electron chi connectivity index (χ3n) is 5.07. The fraction of sp³-hybridized carbons (Fsp3) is 0.450. The van der Waals surface area contributed by atoms with Gasteiger partial charge in [0.05, 0.1) is 11.6 Å². The molecule has 1 aromatic heterocycles. The van der Waals surface area contributed by atoms with E-state index in [-0.39, 0.29) is 17.7 Å². The number of primary amides is 1. The molecule has 1 fully saturated rings. The van der Waals surface area contributed by atoms with Gasteiger partial charge in [-0.2, -0.15) is 0 Å². The van der Waals surface area contributed by atoms with Crippen LogP contribution in [0.25, 0.3) is 0 Å². The van der Waals surface area contributed by atoms with Crippen molar-refractivity contribution in [2.75, 3.05) is 18.0 Å². The first-order valence-electron chi connectivity index (χ1n) is 9.36. The minimum absolute atomic E-state index is 0.0858. The summed E-state index contributed by atoms with van der Waals surface area (Å²) >= 11 is 0. The Morgan fingerprint density at radius 1 is 1.33 bits per heavy atom. The SMILES string of the molecule is CCc1noc(C)c1C(=O)NCc1ccc(N2CCC[C@H](C(N)=O)C2)cc1. The Bertz CT molecular complexity index is 813. The van der Waals surface area contributed by atoms with E-state index in [0.29, 0.717) is 36.5 Å². The first-order chi connectivity index (χ1) is 13.0. The molecule has 2 aromatic rings. The molecule has 0 bridgehead atoms. The van der Waals surface area contributed by atoms with Crippen molar-refractivity contribution in [1.82, 2.24) is 10.5 Å². The maximum Gasteiger partial charge on any atom is 0.257 e. The number of aryl methyl sites for hydroxylation is 2. The Morgan fingerprint density at radius 2 is 2.07 bits per heavy atom. The Kier molecular flexibility index (Phi) is 5.78. The van der Waals surface area contributed by atoms with Crippen LogP contribution in [0.15, 0.2) is 28.8 Å². The van der Waals surface area contributed by atoms with Crippen molar-refractivity contribution in [2.45, 2.75) is 39.7 Å². The van der Waals surface area contributed by atoms with Gasteiger partial charge < -0.3 is 20.5 Å². The summed E-state index contributed by atoms with van der Waals surface area (Å²) in [5.74, 6) is 0.0515. The molecule has 3 rings (SSSR count). The average molecular weight is 370 g/mol. The van der Waals surface area contributed by atoms with Crippen LogP contribution in [-0.2, 0) is 17.8 Å². The number of benzene rings is 1. The van der Waals surface area contributed by atoms with Gasteiger partial charge in [0.2, 0.25) is 5.91 Å². The number of hydrogen-bond donors (Lipinski definition) is 2. The largest absolute Gasteiger partial charge is 0.371 e. The smallest absolute Gasteiger partial charge is 0.257 e. The van der Waals surface area contributed by atoms with Crippen LogP contribution < -0.4 is 16.0 Å². The highest BCUT2D eigenvalue weighted by molar-refractivity contribution is 5.96. The van der Waals surface area contributed by atoms with E-state index in [1.165, 1.54) is 0 Å². The van der Waals surface area contributed by atoms with E-state index in [0.717, 1.165) is 30.6 Å². The molecular weight excluding hydrogens is 344 g/mol. The van der Waals surface area contributed by atoms with Crippen LogP contribution in [-0.4, -0.2) is 30.1 Å². The Labute approximate surface area is 158 Å². The van der Waals surface area contributed by atoms with Gasteiger partial charge in [-0.05, 0) is 43.9 Å². The van der Waals surface area contributed by atoms with E-state index in [2.05, 4.69) is 15.4 Å². The highest BCUT2D eigenvalue weighted by Crippen LogP contribution is 2.23. The molecule has 144 valence electrons. The number of nitrogens with one attached hydrogen (secondary N) is 1. The first-order valence-corrected chi connectivity index (χ1v) is 9.36. The van der Waals surface area contributed by atoms with Gasteiger partial charge in [0.15, 0.2) is 0 Å². The molecule has 0 unspecified atom stereocenters. The van der Waals surface area contributed by atoms with Crippen molar-refractivity contribution < 1.29 is 14.1 Å². The molecule has 0 spiro atoms. The third-order valence-corrected chi connectivity index (χ3v) is 5.07. The number of aromatic nitrogens is 1. The van der Waals surface area contributed by atoms with Crippen LogP contribution >= 0.6 is 0 Å². The van der Waals surface area contributed by atoms with Crippen LogP contribution in [0, 0.1) is 12.8 Å². The van der Waals surface area contributed by atoms with Gasteiger partial charge in [-0.15, -0.1) is 0 Å². The number of carbonyl (C=O) groups is 2. The molecule has 0 saturated carbocycles. The van der Waals surface area contributed by atoms with Crippen molar-refractivity contribution in [2.24, 2.45) is 11.7 Å². The molecule has 0 aliphatic carbocycles. The predicted molar refractivity (Wildman–Crippen MR) is 102 cm³/mol. The number of nitrogens with two attached hydrogens (primary N) is 1. The van der Waals surface area contributed by atoms with Crippen molar-refractivity contribution in [3.05, 3.63) is 46.8 Å². The van der Waals surface area contributed by atoms with E-state index in [4.69, 9.17) is 10.3 Å². The maximum atomic E-state index is 12.4. The van der Waals surface area contributed by atoms with E-state index in [1.54, 1.807) is 6.92 Å². The highest BCUT2D eigenvalue weighted by Gasteiger charge is 2.24. The fourth-order valence-corrected chi connectivity index (χ4v) is 3.49. The Morgan fingerprint density at radius 3 is 2.74 bits per heavy atom. The summed E-state index contributed by atoms with van der Waals surface area (Å²) in [6.07, 6.45) is 2.47. The van der Waals surface area contributed by atoms with E-state index in [9.17, 15) is 9.59 Å². The molecule has 3 N–H and O–H groups in total. The number of nitrogens with zero attached hydrogens (tertiary/aromatic N) is 2. The van der Waals surface area contributed by atoms with Crippen LogP contribution in [0.2, 0.25) is 0 Å². The Balaban J connectivity index is 1.60. The summed E-state index contributed by atoms with van der Waals surface area (Å²) < 4.78 is 5.12. The molecule has 1 aliphatic heterocycles. The molecule has 1 aliphatic rings. The number of hydrogen-bond acceptors (Lipinski definition) is 5. The maximum absolute atomic E-state index is 12.4. The molecule has 1 atom stereocenters. The number of rotatable bonds is 6. The van der Waals surface area contributed by atoms with Crippen molar-refractivity contribution in [1.29, 1.82) is 0 Å². The number of anilines is 1. The Hall–Kier alpha value is -2.83. The molecule has 27 heavy (non-hydrogen) atoms. The van der Waals surface area contributed by atoms with Crippen LogP contribution in [0.4, 0.5) is 5.69 Å². The second-order valence-electron chi connectivity index (χ2n) is 6.95. The van der Waals surface area contributed by atoms with Gasteiger partial charge in [-0.3, -0.25) is 9.59 Å². The molecule has 0 radical (unpaired) electrons. The number of amides is 2. The number of carbonyl (C=O) groups excluding carboxylic acids is 2. The summed E-state index contributed by atoms with van der Waals surface area (Å²) in [5.41, 5.74) is 8.73. The molecule has 1 aromatic carbocycles. The molecule has 7 nitrogen and oxygen atoms in total. The van der Waals surface area contributed by atoms with Crippen LogP contribution in [0.5, 0.6) is 0 Å². The molecule has 7 heteroatoms. The molecule has 2 amide bonds.